The molecule has 0 aliphatic heterocycles. The number of nitrogens with one attached hydrogen (secondary N) is 2. The molecule has 4 rings (SSSR count). The number of benzene rings is 2. The first-order valence-electron chi connectivity index (χ1n) is 10.5. The minimum atomic E-state index is -0.403. The van der Waals surface area contributed by atoms with Gasteiger partial charge in [0.15, 0.2) is 0 Å². The molecule has 0 unspecified atom stereocenters. The van der Waals surface area contributed by atoms with Crippen LogP contribution >= 0.6 is 0 Å². The summed E-state index contributed by atoms with van der Waals surface area (Å²) in [6.45, 7) is 4.18. The fourth-order valence-corrected chi connectivity index (χ4v) is 4.69. The van der Waals surface area contributed by atoms with E-state index in [9.17, 15) is 9.59 Å². The predicted molar refractivity (Wildman–Crippen MR) is 117 cm³/mol. The molecule has 0 saturated heterocycles. The predicted octanol–water partition coefficient (Wildman–Crippen LogP) is 4.71. The first-order chi connectivity index (χ1) is 14.0. The SMILES string of the molecule is Cc1cccc(Cc2c(=O)[nH]c(=O)[nH]c2[C@H]2CC[C@H](c3ccccc3)CC2)c1C. The average Bonchev–Trinajstić information content (AvgIpc) is 2.73. The fraction of sp³-hybridized carbons (Fsp3) is 0.360. The van der Waals surface area contributed by atoms with Crippen LogP contribution in [0.15, 0.2) is 58.1 Å². The molecule has 2 aromatic carbocycles. The molecule has 1 heterocycles. The van der Waals surface area contributed by atoms with Crippen LogP contribution in [0.1, 0.15) is 71.0 Å². The van der Waals surface area contributed by atoms with E-state index in [0.29, 0.717) is 17.9 Å². The van der Waals surface area contributed by atoms with Crippen molar-refractivity contribution in [2.75, 3.05) is 0 Å². The zero-order valence-electron chi connectivity index (χ0n) is 17.1. The Hall–Kier alpha value is -2.88. The van der Waals surface area contributed by atoms with E-state index in [1.165, 1.54) is 16.7 Å². The van der Waals surface area contributed by atoms with Gasteiger partial charge in [-0.05, 0) is 73.6 Å². The second-order valence-electron chi connectivity index (χ2n) is 8.30. The highest BCUT2D eigenvalue weighted by molar-refractivity contribution is 5.38. The van der Waals surface area contributed by atoms with Gasteiger partial charge >= 0.3 is 5.69 Å². The lowest BCUT2D eigenvalue weighted by molar-refractivity contribution is 0.388. The summed E-state index contributed by atoms with van der Waals surface area (Å²) in [5.41, 5.74) is 5.84. The zero-order chi connectivity index (χ0) is 20.4. The molecule has 2 N–H and O–H groups in total. The van der Waals surface area contributed by atoms with Gasteiger partial charge in [0, 0.05) is 17.7 Å². The van der Waals surface area contributed by atoms with Gasteiger partial charge in [0.1, 0.15) is 0 Å². The molecular formula is C25H28N2O2. The lowest BCUT2D eigenvalue weighted by Crippen LogP contribution is -2.30. The van der Waals surface area contributed by atoms with Crippen molar-refractivity contribution in [2.45, 2.75) is 57.8 Å². The van der Waals surface area contributed by atoms with E-state index in [4.69, 9.17) is 0 Å². The van der Waals surface area contributed by atoms with Crippen molar-refractivity contribution in [3.8, 4) is 0 Å². The van der Waals surface area contributed by atoms with Gasteiger partial charge < -0.3 is 4.98 Å². The van der Waals surface area contributed by atoms with Crippen molar-refractivity contribution in [3.05, 3.63) is 103 Å². The Morgan fingerprint density at radius 3 is 2.24 bits per heavy atom. The van der Waals surface area contributed by atoms with E-state index in [1.807, 2.05) is 6.07 Å². The molecule has 0 spiro atoms. The number of aromatic nitrogens is 2. The number of hydrogen-bond donors (Lipinski definition) is 2. The Morgan fingerprint density at radius 2 is 1.52 bits per heavy atom. The molecule has 1 fully saturated rings. The van der Waals surface area contributed by atoms with Crippen LogP contribution in [-0.2, 0) is 6.42 Å². The number of H-pyrrole nitrogens is 2. The largest absolute Gasteiger partial charge is 0.325 e. The second-order valence-corrected chi connectivity index (χ2v) is 8.30. The van der Waals surface area contributed by atoms with Crippen LogP contribution in [-0.4, -0.2) is 9.97 Å². The smallest absolute Gasteiger partial charge is 0.311 e. The van der Waals surface area contributed by atoms with Crippen molar-refractivity contribution < 1.29 is 0 Å². The summed E-state index contributed by atoms with van der Waals surface area (Å²) in [5, 5.41) is 0. The molecule has 4 heteroatoms. The highest BCUT2D eigenvalue weighted by Crippen LogP contribution is 2.40. The van der Waals surface area contributed by atoms with E-state index < -0.39 is 5.69 Å². The van der Waals surface area contributed by atoms with Gasteiger partial charge in [-0.2, -0.15) is 0 Å². The Balaban J connectivity index is 1.62. The fourth-order valence-electron chi connectivity index (χ4n) is 4.69. The van der Waals surface area contributed by atoms with Crippen LogP contribution in [0.3, 0.4) is 0 Å². The maximum Gasteiger partial charge on any atom is 0.325 e. The summed E-state index contributed by atoms with van der Waals surface area (Å²) in [6.07, 6.45) is 4.67. The third-order valence-electron chi connectivity index (χ3n) is 6.56. The molecule has 1 saturated carbocycles. The van der Waals surface area contributed by atoms with E-state index in [-0.39, 0.29) is 11.5 Å². The van der Waals surface area contributed by atoms with Crippen molar-refractivity contribution in [1.82, 2.24) is 9.97 Å². The molecule has 0 atom stereocenters. The van der Waals surface area contributed by atoms with Crippen LogP contribution < -0.4 is 11.2 Å². The zero-order valence-corrected chi connectivity index (χ0v) is 17.1. The first kappa shape index (κ1) is 19.4. The summed E-state index contributed by atoms with van der Waals surface area (Å²) < 4.78 is 0. The molecule has 1 aliphatic rings. The van der Waals surface area contributed by atoms with Crippen LogP contribution in [0, 0.1) is 13.8 Å². The molecule has 1 aliphatic carbocycles. The highest BCUT2D eigenvalue weighted by atomic mass is 16.2. The van der Waals surface area contributed by atoms with E-state index in [1.54, 1.807) is 0 Å². The number of aryl methyl sites for hydroxylation is 1. The monoisotopic (exact) mass is 388 g/mol. The van der Waals surface area contributed by atoms with Crippen LogP contribution in [0.2, 0.25) is 0 Å². The van der Waals surface area contributed by atoms with Crippen LogP contribution in [0.5, 0.6) is 0 Å². The Labute approximate surface area is 171 Å². The van der Waals surface area contributed by atoms with Gasteiger partial charge in [-0.15, -0.1) is 0 Å². The second kappa shape index (κ2) is 8.24. The summed E-state index contributed by atoms with van der Waals surface area (Å²) >= 11 is 0. The summed E-state index contributed by atoms with van der Waals surface area (Å²) in [6, 6.07) is 16.8. The number of rotatable bonds is 4. The third kappa shape index (κ3) is 4.12. The standard InChI is InChI=1S/C25H28N2O2/c1-16-7-6-10-21(17(16)2)15-22-23(26-25(29)27-24(22)28)20-13-11-19(12-14-20)18-8-4-3-5-9-18/h3-10,19-20H,11-15H2,1-2H3,(H2,26,27,28,29)/t19-,20-. The van der Waals surface area contributed by atoms with Gasteiger partial charge in [-0.1, -0.05) is 48.5 Å². The minimum Gasteiger partial charge on any atom is -0.311 e. The van der Waals surface area contributed by atoms with Crippen molar-refractivity contribution in [2.24, 2.45) is 0 Å². The van der Waals surface area contributed by atoms with Crippen molar-refractivity contribution in [3.63, 3.8) is 0 Å². The van der Waals surface area contributed by atoms with Crippen molar-refractivity contribution in [1.29, 1.82) is 0 Å². The maximum atomic E-state index is 12.7. The Bertz CT molecular complexity index is 1100. The summed E-state index contributed by atoms with van der Waals surface area (Å²) in [4.78, 5) is 30.2. The topological polar surface area (TPSA) is 65.7 Å². The first-order valence-corrected chi connectivity index (χ1v) is 10.5. The van der Waals surface area contributed by atoms with E-state index in [2.05, 4.69) is 66.3 Å². The van der Waals surface area contributed by atoms with Gasteiger partial charge in [0.05, 0.1) is 0 Å². The summed E-state index contributed by atoms with van der Waals surface area (Å²) in [7, 11) is 0. The molecule has 150 valence electrons. The van der Waals surface area contributed by atoms with Crippen LogP contribution in [0.25, 0.3) is 0 Å². The number of aromatic amines is 2. The molecule has 29 heavy (non-hydrogen) atoms. The van der Waals surface area contributed by atoms with E-state index in [0.717, 1.165) is 36.9 Å². The molecule has 0 amide bonds. The Kier molecular flexibility index (Phi) is 5.52. The molecule has 4 nitrogen and oxygen atoms in total. The highest BCUT2D eigenvalue weighted by Gasteiger charge is 2.27. The van der Waals surface area contributed by atoms with Gasteiger partial charge in [-0.25, -0.2) is 4.79 Å². The lowest BCUT2D eigenvalue weighted by Gasteiger charge is -2.29. The normalized spacial score (nSPS) is 19.2. The average molecular weight is 389 g/mol. The van der Waals surface area contributed by atoms with E-state index >= 15 is 0 Å². The van der Waals surface area contributed by atoms with Crippen LogP contribution in [0.4, 0.5) is 0 Å². The van der Waals surface area contributed by atoms with Crippen molar-refractivity contribution >= 4 is 0 Å². The summed E-state index contributed by atoms with van der Waals surface area (Å²) in [5.74, 6) is 0.786. The third-order valence-corrected chi connectivity index (χ3v) is 6.56. The quantitative estimate of drug-likeness (QED) is 0.680. The molecular weight excluding hydrogens is 360 g/mol. The maximum absolute atomic E-state index is 12.7. The van der Waals surface area contributed by atoms with Gasteiger partial charge in [0.25, 0.3) is 5.56 Å². The number of hydrogen-bond acceptors (Lipinski definition) is 2. The minimum absolute atomic E-state index is 0.227. The van der Waals surface area contributed by atoms with Gasteiger partial charge in [-0.3, -0.25) is 9.78 Å². The molecule has 3 aromatic rings. The van der Waals surface area contributed by atoms with Gasteiger partial charge in [0.2, 0.25) is 0 Å². The Morgan fingerprint density at radius 1 is 0.828 bits per heavy atom. The molecule has 1 aromatic heterocycles. The molecule has 0 radical (unpaired) electrons. The molecule has 0 bridgehead atoms. The lowest BCUT2D eigenvalue weighted by atomic mass is 9.76.